The summed E-state index contributed by atoms with van der Waals surface area (Å²) in [4.78, 5) is 13.1. The van der Waals surface area contributed by atoms with Crippen molar-refractivity contribution in [3.05, 3.63) is 23.7 Å². The number of carboxylic acids is 1. The number of rotatable bonds is 4. The highest BCUT2D eigenvalue weighted by Gasteiger charge is 2.20. The van der Waals surface area contributed by atoms with Gasteiger partial charge in [0.05, 0.1) is 12.1 Å². The summed E-state index contributed by atoms with van der Waals surface area (Å²) >= 11 is 2.02. The minimum atomic E-state index is -0.930. The van der Waals surface area contributed by atoms with E-state index in [-0.39, 0.29) is 5.56 Å². The fraction of sp³-hybridized carbons (Fsp3) is 0.583. The van der Waals surface area contributed by atoms with Crippen LogP contribution in [0.1, 0.15) is 29.5 Å². The number of carbonyl (C=O) groups is 1. The van der Waals surface area contributed by atoms with E-state index in [1.807, 2.05) is 11.8 Å². The third-order valence-electron chi connectivity index (χ3n) is 2.96. The van der Waals surface area contributed by atoms with Gasteiger partial charge in [0, 0.05) is 24.1 Å². The smallest absolute Gasteiger partial charge is 0.338 e. The molecule has 0 spiro atoms. The Kier molecular flexibility index (Phi) is 4.12. The van der Waals surface area contributed by atoms with Crippen LogP contribution in [0.15, 0.2) is 16.7 Å². The van der Waals surface area contributed by atoms with Crippen molar-refractivity contribution in [2.24, 2.45) is 0 Å². The Morgan fingerprint density at radius 3 is 3.18 bits per heavy atom. The van der Waals surface area contributed by atoms with E-state index in [0.29, 0.717) is 11.8 Å². The third kappa shape index (κ3) is 3.26. The highest BCUT2D eigenvalue weighted by Crippen LogP contribution is 2.22. The van der Waals surface area contributed by atoms with E-state index in [0.717, 1.165) is 24.6 Å². The molecule has 0 amide bonds. The first-order valence-corrected chi connectivity index (χ1v) is 6.88. The number of hydrogen-bond acceptors (Lipinski definition) is 4. The number of carboxylic acid groups (broad SMARTS) is 1. The maximum atomic E-state index is 10.7. The number of furan rings is 1. The normalized spacial score (nSPS) is 21.6. The van der Waals surface area contributed by atoms with Crippen LogP contribution >= 0.6 is 11.8 Å². The van der Waals surface area contributed by atoms with E-state index in [9.17, 15) is 4.79 Å². The molecule has 1 atom stereocenters. The molecule has 1 saturated heterocycles. The van der Waals surface area contributed by atoms with Gasteiger partial charge in [-0.3, -0.25) is 4.90 Å². The van der Waals surface area contributed by atoms with E-state index in [1.165, 1.54) is 12.7 Å². The summed E-state index contributed by atoms with van der Waals surface area (Å²) in [6.07, 6.45) is 2.49. The van der Waals surface area contributed by atoms with Gasteiger partial charge < -0.3 is 9.52 Å². The van der Waals surface area contributed by atoms with Crippen LogP contribution < -0.4 is 0 Å². The van der Waals surface area contributed by atoms with Crippen LogP contribution in [0.4, 0.5) is 0 Å². The second-order valence-corrected chi connectivity index (χ2v) is 5.65. The molecule has 1 unspecified atom stereocenters. The van der Waals surface area contributed by atoms with Crippen LogP contribution in [0, 0.1) is 0 Å². The Hall–Kier alpha value is -0.940. The largest absolute Gasteiger partial charge is 0.478 e. The van der Waals surface area contributed by atoms with Gasteiger partial charge in [0.2, 0.25) is 0 Å². The van der Waals surface area contributed by atoms with Crippen molar-refractivity contribution in [2.45, 2.75) is 25.1 Å². The number of hydrogen-bond donors (Lipinski definition) is 1. The summed E-state index contributed by atoms with van der Waals surface area (Å²) in [5.41, 5.74) is 0.235. The van der Waals surface area contributed by atoms with Crippen LogP contribution in [0.2, 0.25) is 0 Å². The van der Waals surface area contributed by atoms with Gasteiger partial charge in [-0.1, -0.05) is 6.92 Å². The van der Waals surface area contributed by atoms with Gasteiger partial charge in [0.15, 0.2) is 0 Å². The molecular formula is C12H17NO3S. The highest BCUT2D eigenvalue weighted by molar-refractivity contribution is 8.00. The molecule has 4 nitrogen and oxygen atoms in total. The lowest BCUT2D eigenvalue weighted by molar-refractivity contribution is 0.0696. The van der Waals surface area contributed by atoms with E-state index in [4.69, 9.17) is 9.52 Å². The number of nitrogens with zero attached hydrogens (tertiary/aromatic N) is 1. The summed E-state index contributed by atoms with van der Waals surface area (Å²) in [5, 5.41) is 9.50. The molecule has 2 heterocycles. The van der Waals surface area contributed by atoms with Gasteiger partial charge in [0.1, 0.15) is 12.0 Å². The topological polar surface area (TPSA) is 53.7 Å². The average Bonchev–Trinajstić information content (AvgIpc) is 2.78. The lowest BCUT2D eigenvalue weighted by Gasteiger charge is -2.31. The van der Waals surface area contributed by atoms with Crippen LogP contribution in [-0.4, -0.2) is 40.1 Å². The minimum Gasteiger partial charge on any atom is -0.478 e. The van der Waals surface area contributed by atoms with Crippen LogP contribution in [-0.2, 0) is 6.54 Å². The van der Waals surface area contributed by atoms with Crippen LogP contribution in [0.25, 0.3) is 0 Å². The van der Waals surface area contributed by atoms with E-state index in [1.54, 1.807) is 6.07 Å². The molecule has 1 aromatic rings. The van der Waals surface area contributed by atoms with Crippen molar-refractivity contribution in [1.82, 2.24) is 4.90 Å². The fourth-order valence-electron chi connectivity index (χ4n) is 1.97. The Labute approximate surface area is 105 Å². The fourth-order valence-corrected chi connectivity index (χ4v) is 3.22. The average molecular weight is 255 g/mol. The Morgan fingerprint density at radius 2 is 2.53 bits per heavy atom. The van der Waals surface area contributed by atoms with Crippen molar-refractivity contribution >= 4 is 17.7 Å². The monoisotopic (exact) mass is 255 g/mol. The lowest BCUT2D eigenvalue weighted by atomic mass is 10.2. The predicted molar refractivity (Wildman–Crippen MR) is 67.5 cm³/mol. The number of thioether (sulfide) groups is 1. The number of aromatic carboxylic acids is 1. The molecule has 1 aliphatic heterocycles. The Balaban J connectivity index is 1.93. The molecule has 1 aliphatic rings. The second kappa shape index (κ2) is 5.60. The first kappa shape index (κ1) is 12.5. The molecule has 0 aliphatic carbocycles. The van der Waals surface area contributed by atoms with Gasteiger partial charge in [-0.15, -0.1) is 0 Å². The molecule has 0 saturated carbocycles. The Bertz CT molecular complexity index is 391. The predicted octanol–water partition coefficient (Wildman–Crippen LogP) is 2.31. The summed E-state index contributed by atoms with van der Waals surface area (Å²) in [6, 6.07) is 1.62. The lowest BCUT2D eigenvalue weighted by Crippen LogP contribution is -2.36. The van der Waals surface area contributed by atoms with Gasteiger partial charge >= 0.3 is 5.97 Å². The molecule has 1 fully saturated rings. The zero-order valence-corrected chi connectivity index (χ0v) is 10.7. The first-order valence-electron chi connectivity index (χ1n) is 5.83. The van der Waals surface area contributed by atoms with Gasteiger partial charge in [0.25, 0.3) is 0 Å². The van der Waals surface area contributed by atoms with E-state index >= 15 is 0 Å². The molecule has 0 aromatic carbocycles. The van der Waals surface area contributed by atoms with Crippen molar-refractivity contribution < 1.29 is 14.3 Å². The van der Waals surface area contributed by atoms with Crippen molar-refractivity contribution in [3.8, 4) is 0 Å². The quantitative estimate of drug-likeness (QED) is 0.894. The first-order chi connectivity index (χ1) is 8.19. The van der Waals surface area contributed by atoms with Gasteiger partial charge in [-0.2, -0.15) is 11.8 Å². The maximum Gasteiger partial charge on any atom is 0.338 e. The zero-order valence-electron chi connectivity index (χ0n) is 9.89. The molecular weight excluding hydrogens is 238 g/mol. The second-order valence-electron chi connectivity index (χ2n) is 4.24. The summed E-state index contributed by atoms with van der Waals surface area (Å²) in [5.74, 6) is 0.954. The summed E-state index contributed by atoms with van der Waals surface area (Å²) in [7, 11) is 0. The minimum absolute atomic E-state index is 0.235. The third-order valence-corrected chi connectivity index (χ3v) is 4.33. The van der Waals surface area contributed by atoms with Gasteiger partial charge in [-0.25, -0.2) is 4.79 Å². The van der Waals surface area contributed by atoms with Gasteiger partial charge in [-0.05, 0) is 12.5 Å². The molecule has 2 rings (SSSR count). The zero-order chi connectivity index (χ0) is 12.3. The maximum absolute atomic E-state index is 10.7. The standard InChI is InChI=1S/C12H17NO3S/c1-2-11-7-13(3-4-17-11)6-10-5-9(8-16-10)12(14)15/h5,8,11H,2-4,6-7H2,1H3,(H,14,15). The molecule has 1 N–H and O–H groups in total. The summed E-state index contributed by atoms with van der Waals surface area (Å²) < 4.78 is 5.27. The van der Waals surface area contributed by atoms with E-state index in [2.05, 4.69) is 11.8 Å². The van der Waals surface area contributed by atoms with Crippen molar-refractivity contribution in [3.63, 3.8) is 0 Å². The molecule has 0 bridgehead atoms. The molecule has 5 heteroatoms. The molecule has 94 valence electrons. The highest BCUT2D eigenvalue weighted by atomic mass is 32.2. The summed E-state index contributed by atoms with van der Waals surface area (Å²) in [6.45, 7) is 5.02. The van der Waals surface area contributed by atoms with E-state index < -0.39 is 5.97 Å². The molecule has 0 radical (unpaired) electrons. The van der Waals surface area contributed by atoms with Crippen LogP contribution in [0.3, 0.4) is 0 Å². The van der Waals surface area contributed by atoms with Crippen LogP contribution in [0.5, 0.6) is 0 Å². The van der Waals surface area contributed by atoms with Crippen molar-refractivity contribution in [2.75, 3.05) is 18.8 Å². The SMILES string of the molecule is CCC1CN(Cc2cc(C(=O)O)co2)CCS1. The molecule has 1 aromatic heterocycles. The van der Waals surface area contributed by atoms with Crippen molar-refractivity contribution in [1.29, 1.82) is 0 Å². The molecule has 17 heavy (non-hydrogen) atoms. The Morgan fingerprint density at radius 1 is 1.71 bits per heavy atom.